The average Bonchev–Trinajstić information content (AvgIpc) is 3.39. The number of aromatic nitrogens is 3. The summed E-state index contributed by atoms with van der Waals surface area (Å²) in [5, 5.41) is 10.8. The van der Waals surface area contributed by atoms with Gasteiger partial charge >= 0.3 is 33.0 Å². The van der Waals surface area contributed by atoms with Crippen molar-refractivity contribution in [1.29, 1.82) is 0 Å². The molecule has 5 aromatic carbocycles. The van der Waals surface area contributed by atoms with E-state index < -0.39 is 23.7 Å². The first-order valence-electron chi connectivity index (χ1n) is 14.5. The maximum Gasteiger partial charge on any atom is 0.198 e. The van der Waals surface area contributed by atoms with Crippen LogP contribution in [0.1, 0.15) is 0 Å². The number of nitrogens with zero attached hydrogens (tertiary/aromatic N) is 3. The van der Waals surface area contributed by atoms with E-state index in [9.17, 15) is 25.2 Å². The van der Waals surface area contributed by atoms with Crippen molar-refractivity contribution in [1.82, 2.24) is 9.90 Å². The minimum Gasteiger partial charge on any atom is -0.129 e. The third-order valence-corrected chi connectivity index (χ3v) is 12.0. The molecule has 0 saturated heterocycles. The topological polar surface area (TPSA) is 21.7 Å². The van der Waals surface area contributed by atoms with E-state index in [2.05, 4.69) is 155 Å². The van der Waals surface area contributed by atoms with E-state index in [0.29, 0.717) is 0 Å². The number of hydrogen-bond acceptors (Lipinski definition) is 1. The molecule has 0 bridgehead atoms. The molecule has 1 aromatic heterocycles. The summed E-state index contributed by atoms with van der Waals surface area (Å²) in [5.74, 6) is 0. The predicted octanol–water partition coefficient (Wildman–Crippen LogP) is 8.97. The third kappa shape index (κ3) is 10.5. The SMILES string of the molecule is F[P-](F)(F)(F)(F)F.c1ccc(P(CCn2[15n][n+](CCP(c3ccccc3)c3ccccc3)c3ccccc32)c2ccccc2)cc1. The molecule has 0 aliphatic carbocycles. The number of para-hydroxylation sites is 2. The van der Waals surface area contributed by atoms with Gasteiger partial charge in [0.05, 0.1) is 5.21 Å². The van der Waals surface area contributed by atoms with Crippen LogP contribution in [0, 0.1) is 0 Å². The number of benzene rings is 5. The van der Waals surface area contributed by atoms with Crippen LogP contribution in [0.4, 0.5) is 25.2 Å². The van der Waals surface area contributed by atoms with E-state index >= 15 is 0 Å². The second-order valence-corrected chi connectivity index (χ2v) is 17.0. The van der Waals surface area contributed by atoms with Crippen LogP contribution < -0.4 is 25.9 Å². The van der Waals surface area contributed by atoms with Crippen molar-refractivity contribution < 1.29 is 29.9 Å². The van der Waals surface area contributed by atoms with Crippen LogP contribution in [0.3, 0.4) is 0 Å². The van der Waals surface area contributed by atoms with Crippen molar-refractivity contribution >= 4 is 55.9 Å². The fourth-order valence-corrected chi connectivity index (χ4v) is 9.63. The molecule has 0 N–H and O–H groups in total. The summed E-state index contributed by atoms with van der Waals surface area (Å²) in [5.41, 5.74) is 2.41. The van der Waals surface area contributed by atoms with Gasteiger partial charge in [-0.05, 0) is 49.2 Å². The van der Waals surface area contributed by atoms with Crippen LogP contribution >= 0.6 is 23.7 Å². The van der Waals surface area contributed by atoms with E-state index in [1.165, 1.54) is 32.3 Å². The maximum absolute atomic E-state index is 10.7. The molecule has 46 heavy (non-hydrogen) atoms. The van der Waals surface area contributed by atoms with Gasteiger partial charge in [0.2, 0.25) is 0 Å². The van der Waals surface area contributed by atoms with Crippen molar-refractivity contribution in [3.05, 3.63) is 146 Å². The molecule has 0 saturated carbocycles. The Kier molecular flexibility index (Phi) is 9.98. The Balaban J connectivity index is 0.000000537. The molecule has 0 aliphatic rings. The first-order chi connectivity index (χ1) is 21.8. The molecule has 0 amide bonds. The molecular formula is C34H32F6N3P3. The van der Waals surface area contributed by atoms with Crippen LogP contribution in [-0.2, 0) is 13.1 Å². The number of fused-ring (bicyclic) bond motifs is 1. The molecular weight excluding hydrogens is 658 g/mol. The van der Waals surface area contributed by atoms with Gasteiger partial charge in [-0.15, -0.1) is 9.36 Å². The fourth-order valence-electron chi connectivity index (χ4n) is 5.09. The summed E-state index contributed by atoms with van der Waals surface area (Å²) in [4.78, 5) is 0. The molecule has 0 aliphatic heterocycles. The Morgan fingerprint density at radius 3 is 1.26 bits per heavy atom. The Morgan fingerprint density at radius 1 is 0.500 bits per heavy atom. The van der Waals surface area contributed by atoms with Crippen molar-refractivity contribution in [2.24, 2.45) is 0 Å². The first-order valence-corrected chi connectivity index (χ1v) is 19.6. The number of hydrogen-bond donors (Lipinski definition) is 0. The van der Waals surface area contributed by atoms with E-state index in [1.807, 2.05) is 0 Å². The van der Waals surface area contributed by atoms with E-state index in [1.54, 1.807) is 0 Å². The van der Waals surface area contributed by atoms with Gasteiger partial charge in [0.25, 0.3) is 0 Å². The molecule has 6 aromatic rings. The van der Waals surface area contributed by atoms with Crippen LogP contribution in [0.25, 0.3) is 11.0 Å². The quantitative estimate of drug-likeness (QED) is 0.0800. The van der Waals surface area contributed by atoms with Crippen molar-refractivity contribution in [2.45, 2.75) is 13.1 Å². The molecule has 1 heterocycles. The summed E-state index contributed by atoms with van der Waals surface area (Å²) in [7, 11) is -11.6. The molecule has 0 radical (unpaired) electrons. The summed E-state index contributed by atoms with van der Waals surface area (Å²) in [6, 6.07) is 52.5. The Morgan fingerprint density at radius 2 is 0.848 bits per heavy atom. The van der Waals surface area contributed by atoms with Gasteiger partial charge in [-0.2, -0.15) is 0 Å². The molecule has 240 valence electrons. The molecule has 12 heteroatoms. The normalized spacial score (nSPS) is 13.2. The second kappa shape index (κ2) is 13.6. The van der Waals surface area contributed by atoms with Gasteiger partial charge < -0.3 is 0 Å². The van der Waals surface area contributed by atoms with Crippen LogP contribution in [0.2, 0.25) is 0 Å². The van der Waals surface area contributed by atoms with Crippen molar-refractivity contribution in [3.8, 4) is 0 Å². The third-order valence-electron chi connectivity index (χ3n) is 7.00. The summed E-state index contributed by atoms with van der Waals surface area (Å²) >= 11 is 0. The Bertz CT molecular complexity index is 1630. The van der Waals surface area contributed by atoms with E-state index in [0.717, 1.165) is 25.4 Å². The molecule has 6 rings (SSSR count). The standard InChI is InChI=1S/C34H32N3P2.F6P/c1-5-15-29(16-6-1)38(30-17-7-2-8-18-30)27-25-36-33-23-13-14-24-34(33)37(35-36)26-28-39(31-19-9-3-10-20-31)32-21-11-4-12-22-32;1-7(2,3,4,5)6/h1-24H,25-28H2;/q+1;-1/i35+1;. The molecule has 0 fully saturated rings. The number of rotatable bonds is 10. The Hall–Kier alpha value is -3.63. The van der Waals surface area contributed by atoms with Crippen LogP contribution in [-0.4, -0.2) is 22.2 Å². The summed E-state index contributed by atoms with van der Waals surface area (Å²) < 4.78 is 63.6. The summed E-state index contributed by atoms with van der Waals surface area (Å²) in [6.07, 6.45) is 2.10. The second-order valence-electron chi connectivity index (χ2n) is 10.4. The zero-order valence-electron chi connectivity index (χ0n) is 24.6. The minimum atomic E-state index is -10.7. The maximum atomic E-state index is 9.87. The van der Waals surface area contributed by atoms with Gasteiger partial charge in [-0.3, -0.25) is 0 Å². The zero-order valence-corrected chi connectivity index (χ0v) is 27.3. The molecule has 0 spiro atoms. The molecule has 0 atom stereocenters. The van der Waals surface area contributed by atoms with Crippen LogP contribution in [0.5, 0.6) is 0 Å². The van der Waals surface area contributed by atoms with Crippen molar-refractivity contribution in [3.63, 3.8) is 0 Å². The largest absolute Gasteiger partial charge is 0.198 e. The number of halogens is 6. The first kappa shape index (κ1) is 33.7. The van der Waals surface area contributed by atoms with Crippen LogP contribution in [0.15, 0.2) is 146 Å². The average molecular weight is 691 g/mol. The minimum absolute atomic E-state index is 0.466. The zero-order chi connectivity index (χ0) is 32.7. The molecule has 0 unspecified atom stereocenters. The predicted molar refractivity (Wildman–Crippen MR) is 181 cm³/mol. The van der Waals surface area contributed by atoms with Crippen molar-refractivity contribution in [2.75, 3.05) is 12.3 Å². The van der Waals surface area contributed by atoms with Gasteiger partial charge in [0.1, 0.15) is 13.1 Å². The molecule has 3 nitrogen and oxygen atoms in total. The van der Waals surface area contributed by atoms with Gasteiger partial charge in [0, 0.05) is 12.3 Å². The van der Waals surface area contributed by atoms with Gasteiger partial charge in [-0.1, -0.05) is 133 Å². The smallest absolute Gasteiger partial charge is 0.129 e. The van der Waals surface area contributed by atoms with E-state index in [4.69, 9.17) is 5.21 Å². The summed E-state index contributed by atoms with van der Waals surface area (Å²) in [6.45, 7) is 1.77. The van der Waals surface area contributed by atoms with E-state index in [-0.39, 0.29) is 0 Å². The Labute approximate surface area is 266 Å². The number of aryl methyl sites for hydroxylation is 2. The van der Waals surface area contributed by atoms with Gasteiger partial charge in [-0.25, -0.2) is 0 Å². The fraction of sp³-hybridized carbons (Fsp3) is 0.118. The monoisotopic (exact) mass is 690 g/mol. The van der Waals surface area contributed by atoms with Gasteiger partial charge in [0.15, 0.2) is 11.0 Å².